The molecule has 0 atom stereocenters. The van der Waals surface area contributed by atoms with Gasteiger partial charge in [-0.15, -0.1) is 13.2 Å². The molecule has 1 aromatic heterocycles. The van der Waals surface area contributed by atoms with E-state index in [9.17, 15) is 32.3 Å². The van der Waals surface area contributed by atoms with Gasteiger partial charge in [-0.2, -0.15) is 0 Å². The van der Waals surface area contributed by atoms with Crippen LogP contribution in [-0.2, 0) is 16.0 Å². The van der Waals surface area contributed by atoms with Crippen LogP contribution in [0.4, 0.5) is 17.6 Å². The Morgan fingerprint density at radius 3 is 2.33 bits per heavy atom. The summed E-state index contributed by atoms with van der Waals surface area (Å²) >= 11 is 0. The number of halogens is 4. The molecular weight excluding hydrogens is 410 g/mol. The number of hydrogen-bond donors (Lipinski definition) is 1. The molecule has 0 bridgehead atoms. The number of aromatic nitrogens is 1. The molecule has 10 heteroatoms. The third-order valence-electron chi connectivity index (χ3n) is 4.49. The summed E-state index contributed by atoms with van der Waals surface area (Å²) in [5.41, 5.74) is 0.725. The van der Waals surface area contributed by atoms with Crippen molar-refractivity contribution in [3.05, 3.63) is 59.0 Å². The highest BCUT2D eigenvalue weighted by atomic mass is 19.4. The molecule has 2 aromatic carbocycles. The fourth-order valence-electron chi connectivity index (χ4n) is 3.12. The fraction of sp³-hybridized carbons (Fsp3) is 0.200. The van der Waals surface area contributed by atoms with E-state index in [2.05, 4.69) is 9.47 Å². The first kappa shape index (κ1) is 21.2. The van der Waals surface area contributed by atoms with E-state index in [-0.39, 0.29) is 22.9 Å². The Morgan fingerprint density at radius 1 is 1.13 bits per heavy atom. The summed E-state index contributed by atoms with van der Waals surface area (Å²) in [5.74, 6) is -3.42. The van der Waals surface area contributed by atoms with Crippen molar-refractivity contribution in [3.8, 4) is 11.5 Å². The minimum Gasteiger partial charge on any atom is -0.505 e. The number of carbonyl (C=O) groups excluding carboxylic acids is 2. The summed E-state index contributed by atoms with van der Waals surface area (Å²) in [7, 11) is 1.18. The Bertz CT molecular complexity index is 1130. The summed E-state index contributed by atoms with van der Waals surface area (Å²) in [6.07, 6.45) is -5.11. The average Bonchev–Trinajstić information content (AvgIpc) is 2.92. The molecule has 0 spiro atoms. The van der Waals surface area contributed by atoms with Crippen molar-refractivity contribution < 1.29 is 41.7 Å². The highest BCUT2D eigenvalue weighted by Gasteiger charge is 2.31. The number of methoxy groups -OCH3 is 1. The molecule has 30 heavy (non-hydrogen) atoms. The lowest BCUT2D eigenvalue weighted by Crippen LogP contribution is -2.17. The van der Waals surface area contributed by atoms with Gasteiger partial charge in [0.25, 0.3) is 5.91 Å². The van der Waals surface area contributed by atoms with Crippen LogP contribution in [0.1, 0.15) is 21.6 Å². The van der Waals surface area contributed by atoms with E-state index in [0.29, 0.717) is 11.3 Å². The highest BCUT2D eigenvalue weighted by Crippen LogP contribution is 2.32. The van der Waals surface area contributed by atoms with Crippen LogP contribution in [0.5, 0.6) is 11.5 Å². The predicted molar refractivity (Wildman–Crippen MR) is 96.9 cm³/mol. The van der Waals surface area contributed by atoms with E-state index in [4.69, 9.17) is 0 Å². The molecule has 1 heterocycles. The van der Waals surface area contributed by atoms with Crippen molar-refractivity contribution in [2.75, 3.05) is 7.11 Å². The number of hydrogen-bond acceptors (Lipinski definition) is 5. The van der Waals surface area contributed by atoms with E-state index in [1.54, 1.807) is 0 Å². The van der Waals surface area contributed by atoms with Crippen LogP contribution in [0, 0.1) is 12.7 Å². The van der Waals surface area contributed by atoms with Gasteiger partial charge in [-0.1, -0.05) is 0 Å². The zero-order valence-electron chi connectivity index (χ0n) is 15.7. The fourth-order valence-corrected chi connectivity index (χ4v) is 3.12. The third-order valence-corrected chi connectivity index (χ3v) is 4.49. The summed E-state index contributed by atoms with van der Waals surface area (Å²) in [4.78, 5) is 24.8. The predicted octanol–water partition coefficient (Wildman–Crippen LogP) is 4.10. The number of ether oxygens (including phenoxy) is 2. The summed E-state index contributed by atoms with van der Waals surface area (Å²) < 4.78 is 60.5. The maximum absolute atomic E-state index is 14.0. The van der Waals surface area contributed by atoms with Crippen molar-refractivity contribution in [2.24, 2.45) is 0 Å². The molecule has 6 nitrogen and oxygen atoms in total. The molecule has 0 saturated carbocycles. The van der Waals surface area contributed by atoms with Crippen molar-refractivity contribution in [1.29, 1.82) is 0 Å². The lowest BCUT2D eigenvalue weighted by molar-refractivity contribution is -0.274. The number of esters is 1. The molecule has 0 saturated heterocycles. The van der Waals surface area contributed by atoms with Crippen LogP contribution >= 0.6 is 0 Å². The number of fused-ring (bicyclic) bond motifs is 1. The third kappa shape index (κ3) is 4.07. The van der Waals surface area contributed by atoms with Crippen LogP contribution in [0.25, 0.3) is 10.9 Å². The number of phenols is 1. The van der Waals surface area contributed by atoms with Gasteiger partial charge in [0.1, 0.15) is 5.75 Å². The number of carbonyl (C=O) groups is 2. The molecule has 3 aromatic rings. The molecule has 0 aliphatic carbocycles. The second-order valence-electron chi connectivity index (χ2n) is 6.35. The van der Waals surface area contributed by atoms with Crippen LogP contribution in [0.2, 0.25) is 0 Å². The maximum atomic E-state index is 14.0. The number of alkyl halides is 3. The molecule has 0 unspecified atom stereocenters. The minimum atomic E-state index is -4.87. The molecule has 0 radical (unpaired) electrons. The summed E-state index contributed by atoms with van der Waals surface area (Å²) in [5, 5.41) is 9.99. The Hall–Kier alpha value is -3.56. The molecule has 3 rings (SSSR count). The van der Waals surface area contributed by atoms with E-state index < -0.39 is 35.6 Å². The van der Waals surface area contributed by atoms with Crippen LogP contribution in [0.3, 0.4) is 0 Å². The quantitative estimate of drug-likeness (QED) is 0.503. The number of benzene rings is 2. The summed E-state index contributed by atoms with van der Waals surface area (Å²) in [6, 6.07) is 6.25. The average molecular weight is 425 g/mol. The Kier molecular flexibility index (Phi) is 5.43. The van der Waals surface area contributed by atoms with E-state index in [1.165, 1.54) is 14.0 Å². The van der Waals surface area contributed by atoms with E-state index >= 15 is 0 Å². The normalized spacial score (nSPS) is 11.5. The van der Waals surface area contributed by atoms with Gasteiger partial charge in [0.2, 0.25) is 0 Å². The second-order valence-corrected chi connectivity index (χ2v) is 6.35. The van der Waals surface area contributed by atoms with E-state index in [1.807, 2.05) is 0 Å². The SMILES string of the molecule is COC(=O)Cc1c(C)n(C(=O)c2ccc(OC(F)(F)F)cc2)c2cc(F)c(O)cc12. The zero-order valence-corrected chi connectivity index (χ0v) is 15.7. The molecule has 0 aliphatic heterocycles. The Balaban J connectivity index is 2.10. The van der Waals surface area contributed by atoms with Gasteiger partial charge in [-0.25, -0.2) is 4.39 Å². The standard InChI is InChI=1S/C20H15F4NO5/c1-10-13(8-18(27)29-2)14-7-17(26)15(21)9-16(14)25(10)19(28)11-3-5-12(6-4-11)30-20(22,23)24/h3-7,9,26H,8H2,1-2H3. The van der Waals surface area contributed by atoms with Crippen LogP contribution < -0.4 is 4.74 Å². The van der Waals surface area contributed by atoms with Crippen molar-refractivity contribution >= 4 is 22.8 Å². The van der Waals surface area contributed by atoms with Crippen molar-refractivity contribution in [3.63, 3.8) is 0 Å². The lowest BCUT2D eigenvalue weighted by atomic mass is 10.1. The van der Waals surface area contributed by atoms with E-state index in [0.717, 1.165) is 41.0 Å². The van der Waals surface area contributed by atoms with Crippen molar-refractivity contribution in [2.45, 2.75) is 19.7 Å². The highest BCUT2D eigenvalue weighted by molar-refractivity contribution is 6.05. The minimum absolute atomic E-state index is 0.00243. The van der Waals surface area contributed by atoms with Gasteiger partial charge in [-0.05, 0) is 42.8 Å². The second kappa shape index (κ2) is 7.69. The largest absolute Gasteiger partial charge is 0.573 e. The molecule has 1 N–H and O–H groups in total. The van der Waals surface area contributed by atoms with Crippen LogP contribution in [-0.4, -0.2) is 35.0 Å². The first-order valence-corrected chi connectivity index (χ1v) is 8.51. The van der Waals surface area contributed by atoms with Gasteiger partial charge in [0, 0.05) is 22.7 Å². The molecule has 158 valence electrons. The van der Waals surface area contributed by atoms with Gasteiger partial charge < -0.3 is 14.6 Å². The number of rotatable bonds is 4. The summed E-state index contributed by atoms with van der Waals surface area (Å²) in [6.45, 7) is 1.52. The number of aromatic hydroxyl groups is 1. The van der Waals surface area contributed by atoms with Crippen molar-refractivity contribution in [1.82, 2.24) is 4.57 Å². The molecule has 0 aliphatic rings. The van der Waals surface area contributed by atoms with Crippen LogP contribution in [0.15, 0.2) is 36.4 Å². The van der Waals surface area contributed by atoms with Gasteiger partial charge in [0.15, 0.2) is 11.6 Å². The lowest BCUT2D eigenvalue weighted by Gasteiger charge is -2.10. The number of nitrogens with zero attached hydrogens (tertiary/aromatic N) is 1. The molecule has 0 fully saturated rings. The number of phenolic OH excluding ortho intramolecular Hbond substituents is 1. The van der Waals surface area contributed by atoms with Gasteiger partial charge in [-0.3, -0.25) is 14.2 Å². The maximum Gasteiger partial charge on any atom is 0.573 e. The first-order chi connectivity index (χ1) is 14.0. The molecule has 0 amide bonds. The zero-order chi connectivity index (χ0) is 22.2. The first-order valence-electron chi connectivity index (χ1n) is 8.51. The van der Waals surface area contributed by atoms with Gasteiger partial charge in [0.05, 0.1) is 19.0 Å². The van der Waals surface area contributed by atoms with Gasteiger partial charge >= 0.3 is 12.3 Å². The Morgan fingerprint density at radius 2 is 1.77 bits per heavy atom. The Labute approximate surface area is 167 Å². The topological polar surface area (TPSA) is 77.8 Å². The monoisotopic (exact) mass is 425 g/mol. The molecular formula is C20H15F4NO5. The smallest absolute Gasteiger partial charge is 0.505 e.